The number of fused-ring (bicyclic) bond motifs is 1. The Bertz CT molecular complexity index is 1010. The van der Waals surface area contributed by atoms with E-state index in [-0.39, 0.29) is 5.41 Å². The molecule has 25 heavy (non-hydrogen) atoms. The number of pyridine rings is 1. The van der Waals surface area contributed by atoms with Gasteiger partial charge in [0.05, 0.1) is 17.5 Å². The van der Waals surface area contributed by atoms with Crippen molar-refractivity contribution in [3.63, 3.8) is 0 Å². The summed E-state index contributed by atoms with van der Waals surface area (Å²) < 4.78 is 2.19. The van der Waals surface area contributed by atoms with Crippen LogP contribution in [0, 0.1) is 20.4 Å². The Morgan fingerprint density at radius 1 is 1.00 bits per heavy atom. The highest BCUT2D eigenvalue weighted by molar-refractivity contribution is 5.95. The highest BCUT2D eigenvalue weighted by atomic mass is 14.9. The van der Waals surface area contributed by atoms with Crippen LogP contribution in [0.2, 0.25) is 0 Å². The molecule has 0 N–H and O–H groups in total. The fourth-order valence-corrected chi connectivity index (χ4v) is 3.30. The first-order valence-electron chi connectivity index (χ1n) is 8.64. The maximum absolute atomic E-state index is 7.26. The predicted molar refractivity (Wildman–Crippen MR) is 105 cm³/mol. The molecule has 0 radical (unpaired) electrons. The van der Waals surface area contributed by atoms with E-state index >= 15 is 0 Å². The molecule has 3 rings (SSSR count). The summed E-state index contributed by atoms with van der Waals surface area (Å²) in [6.07, 6.45) is 2.09. The Morgan fingerprint density at radius 2 is 1.72 bits per heavy atom. The summed E-state index contributed by atoms with van der Waals surface area (Å²) in [5.74, 6) is 0. The number of nitrogens with zero attached hydrogens (tertiary/aromatic N) is 2. The van der Waals surface area contributed by atoms with Gasteiger partial charge in [0.1, 0.15) is 7.05 Å². The van der Waals surface area contributed by atoms with E-state index in [9.17, 15) is 0 Å². The molecule has 0 fully saturated rings. The molecule has 0 bridgehead atoms. The Kier molecular flexibility index (Phi) is 4.13. The third-order valence-corrected chi connectivity index (χ3v) is 5.04. The minimum atomic E-state index is 0.105. The molecule has 0 amide bonds. The van der Waals surface area contributed by atoms with Gasteiger partial charge in [0, 0.05) is 6.07 Å². The number of hydrogen-bond acceptors (Lipinski definition) is 0. The second-order valence-corrected chi connectivity index (χ2v) is 7.87. The molecule has 1 heterocycles. The van der Waals surface area contributed by atoms with Crippen molar-refractivity contribution in [2.24, 2.45) is 7.05 Å². The molecule has 2 heteroatoms. The Balaban J connectivity index is 2.39. The van der Waals surface area contributed by atoms with Crippen molar-refractivity contribution < 1.29 is 4.57 Å². The summed E-state index contributed by atoms with van der Waals surface area (Å²) in [5.41, 5.74) is 7.24. The van der Waals surface area contributed by atoms with E-state index in [0.717, 1.165) is 5.39 Å². The van der Waals surface area contributed by atoms with Gasteiger partial charge < -0.3 is 0 Å². The van der Waals surface area contributed by atoms with Crippen LogP contribution in [0.3, 0.4) is 0 Å². The molecule has 0 atom stereocenters. The first-order chi connectivity index (χ1) is 11.7. The van der Waals surface area contributed by atoms with Gasteiger partial charge in [-0.05, 0) is 53.5 Å². The van der Waals surface area contributed by atoms with Gasteiger partial charge in [0.15, 0.2) is 11.9 Å². The van der Waals surface area contributed by atoms with E-state index in [1.165, 1.54) is 33.3 Å². The first-order valence-corrected chi connectivity index (χ1v) is 8.64. The molecule has 126 valence electrons. The van der Waals surface area contributed by atoms with Crippen LogP contribution in [0.5, 0.6) is 0 Å². The van der Waals surface area contributed by atoms with Crippen LogP contribution in [-0.2, 0) is 12.5 Å². The topological polar surface area (TPSA) is 8.24 Å². The van der Waals surface area contributed by atoms with Crippen LogP contribution < -0.4 is 4.57 Å². The zero-order valence-electron chi connectivity index (χ0n) is 15.9. The zero-order chi connectivity index (χ0) is 18.4. The maximum atomic E-state index is 7.26. The van der Waals surface area contributed by atoms with E-state index < -0.39 is 0 Å². The molecule has 0 unspecified atom stereocenters. The fraction of sp³-hybridized carbons (Fsp3) is 0.304. The highest BCUT2D eigenvalue weighted by Gasteiger charge is 2.22. The van der Waals surface area contributed by atoms with Gasteiger partial charge in [-0.1, -0.05) is 39.0 Å². The van der Waals surface area contributed by atoms with Gasteiger partial charge in [-0.2, -0.15) is 0 Å². The Hall–Kier alpha value is -2.66. The number of aryl methyl sites for hydroxylation is 2. The third-order valence-electron chi connectivity index (χ3n) is 5.04. The molecule has 1 aromatic heterocycles. The van der Waals surface area contributed by atoms with Gasteiger partial charge in [-0.3, -0.25) is 0 Å². The van der Waals surface area contributed by atoms with Crippen molar-refractivity contribution in [3.05, 3.63) is 70.7 Å². The van der Waals surface area contributed by atoms with Gasteiger partial charge in [0.2, 0.25) is 5.69 Å². The molecule has 2 aromatic carbocycles. The minimum absolute atomic E-state index is 0.105. The lowest BCUT2D eigenvalue weighted by Gasteiger charge is -2.22. The highest BCUT2D eigenvalue weighted by Crippen LogP contribution is 2.34. The van der Waals surface area contributed by atoms with Gasteiger partial charge >= 0.3 is 0 Å². The summed E-state index contributed by atoms with van der Waals surface area (Å²) >= 11 is 0. The van der Waals surface area contributed by atoms with Crippen molar-refractivity contribution in [2.75, 3.05) is 0 Å². The molecular formula is C23H25N2+. The van der Waals surface area contributed by atoms with Gasteiger partial charge in [0.25, 0.3) is 0 Å². The van der Waals surface area contributed by atoms with Crippen molar-refractivity contribution in [2.45, 2.75) is 40.0 Å². The molecule has 0 saturated heterocycles. The van der Waals surface area contributed by atoms with Crippen molar-refractivity contribution >= 4 is 16.5 Å². The summed E-state index contributed by atoms with van der Waals surface area (Å²) in [4.78, 5) is 3.57. The second kappa shape index (κ2) is 6.01. The van der Waals surface area contributed by atoms with E-state index in [4.69, 9.17) is 6.57 Å². The number of rotatable bonds is 1. The fourth-order valence-electron chi connectivity index (χ4n) is 3.30. The molecule has 0 aliphatic carbocycles. The molecule has 0 aliphatic heterocycles. The van der Waals surface area contributed by atoms with Crippen LogP contribution in [0.15, 0.2) is 42.6 Å². The monoisotopic (exact) mass is 329 g/mol. The van der Waals surface area contributed by atoms with Crippen LogP contribution in [0.1, 0.15) is 37.5 Å². The standard InChI is InChI=1S/C23H25N2/c1-15-12-18(23(3,4)5)14-21(16(15)2)22-20-9-8-19(24-6)13-17(20)10-11-25(22)7/h8-14H,1-5,7H3/q+1. The lowest BCUT2D eigenvalue weighted by Crippen LogP contribution is -2.31. The average Bonchev–Trinajstić information content (AvgIpc) is 2.56. The molecular weight excluding hydrogens is 304 g/mol. The van der Waals surface area contributed by atoms with Gasteiger partial charge in [-0.25, -0.2) is 9.41 Å². The number of hydrogen-bond donors (Lipinski definition) is 0. The van der Waals surface area contributed by atoms with E-state index in [1.807, 2.05) is 12.1 Å². The summed E-state index contributed by atoms with van der Waals surface area (Å²) in [7, 11) is 2.09. The Labute approximate surface area is 150 Å². The van der Waals surface area contributed by atoms with E-state index in [1.54, 1.807) is 0 Å². The normalized spacial score (nSPS) is 11.6. The minimum Gasteiger partial charge on any atom is -0.238 e. The molecule has 0 aliphatic rings. The van der Waals surface area contributed by atoms with Gasteiger partial charge in [-0.15, -0.1) is 0 Å². The SMILES string of the molecule is [C-]#[N+]c1ccc2c(-c3cc(C(C)(C)C)cc(C)c3C)[n+](C)ccc2c1. The summed E-state index contributed by atoms with van der Waals surface area (Å²) in [6, 6.07) is 12.7. The van der Waals surface area contributed by atoms with E-state index in [0.29, 0.717) is 5.69 Å². The third kappa shape index (κ3) is 3.03. The number of aromatic nitrogens is 1. The Morgan fingerprint density at radius 3 is 2.36 bits per heavy atom. The zero-order valence-corrected chi connectivity index (χ0v) is 15.9. The predicted octanol–water partition coefficient (Wildman–Crippen LogP) is 5.80. The van der Waals surface area contributed by atoms with Crippen LogP contribution >= 0.6 is 0 Å². The number of benzene rings is 2. The van der Waals surface area contributed by atoms with Crippen molar-refractivity contribution in [1.82, 2.24) is 0 Å². The van der Waals surface area contributed by atoms with Crippen molar-refractivity contribution in [3.8, 4) is 11.3 Å². The molecule has 0 spiro atoms. The molecule has 2 nitrogen and oxygen atoms in total. The largest absolute Gasteiger partial charge is 0.238 e. The maximum Gasteiger partial charge on any atom is 0.220 e. The smallest absolute Gasteiger partial charge is 0.220 e. The van der Waals surface area contributed by atoms with Crippen LogP contribution in [0.25, 0.3) is 26.9 Å². The van der Waals surface area contributed by atoms with Crippen LogP contribution in [-0.4, -0.2) is 0 Å². The summed E-state index contributed by atoms with van der Waals surface area (Å²) in [5, 5.41) is 2.30. The first kappa shape index (κ1) is 17.2. The van der Waals surface area contributed by atoms with E-state index in [2.05, 4.69) is 81.5 Å². The molecule has 0 saturated carbocycles. The second-order valence-electron chi connectivity index (χ2n) is 7.87. The summed E-state index contributed by atoms with van der Waals surface area (Å²) in [6.45, 7) is 18.4. The molecule has 3 aromatic rings. The quantitative estimate of drug-likeness (QED) is 0.394. The lowest BCUT2D eigenvalue weighted by atomic mass is 9.83. The average molecular weight is 329 g/mol. The lowest BCUT2D eigenvalue weighted by molar-refractivity contribution is -0.659. The van der Waals surface area contributed by atoms with Crippen molar-refractivity contribution in [1.29, 1.82) is 0 Å². The van der Waals surface area contributed by atoms with Crippen LogP contribution in [0.4, 0.5) is 5.69 Å².